The highest BCUT2D eigenvalue weighted by atomic mass is 15.0. The van der Waals surface area contributed by atoms with E-state index < -0.39 is 0 Å². The predicted octanol–water partition coefficient (Wildman–Crippen LogP) is 2.18. The Kier molecular flexibility index (Phi) is 1.72. The van der Waals surface area contributed by atoms with Crippen molar-refractivity contribution in [3.05, 3.63) is 35.9 Å². The standard InChI is InChI=1S/C13H17N/c1-13(11-5-3-2-4-6-11)7-12(13)10-8-14-9-10/h2-6,10,12,14H,7-9H2,1H3. The van der Waals surface area contributed by atoms with Crippen LogP contribution in [0.5, 0.6) is 0 Å². The second kappa shape index (κ2) is 2.83. The summed E-state index contributed by atoms with van der Waals surface area (Å²) in [7, 11) is 0. The van der Waals surface area contributed by atoms with Gasteiger partial charge in [-0.05, 0) is 42.3 Å². The fourth-order valence-electron chi connectivity index (χ4n) is 2.83. The molecule has 0 radical (unpaired) electrons. The third-order valence-corrected chi connectivity index (χ3v) is 4.12. The Morgan fingerprint density at radius 1 is 1.21 bits per heavy atom. The van der Waals surface area contributed by atoms with Gasteiger partial charge in [0.15, 0.2) is 0 Å². The van der Waals surface area contributed by atoms with Crippen molar-refractivity contribution in [1.82, 2.24) is 5.32 Å². The van der Waals surface area contributed by atoms with Crippen molar-refractivity contribution in [1.29, 1.82) is 0 Å². The third kappa shape index (κ3) is 1.12. The Morgan fingerprint density at radius 2 is 1.93 bits per heavy atom. The molecule has 2 atom stereocenters. The van der Waals surface area contributed by atoms with Crippen molar-refractivity contribution >= 4 is 0 Å². The number of nitrogens with one attached hydrogen (secondary N) is 1. The van der Waals surface area contributed by atoms with Crippen LogP contribution in [0.3, 0.4) is 0 Å². The van der Waals surface area contributed by atoms with Crippen LogP contribution in [0.15, 0.2) is 30.3 Å². The van der Waals surface area contributed by atoms with Crippen LogP contribution in [-0.4, -0.2) is 13.1 Å². The van der Waals surface area contributed by atoms with Crippen molar-refractivity contribution < 1.29 is 0 Å². The molecule has 1 nitrogen and oxygen atoms in total. The summed E-state index contributed by atoms with van der Waals surface area (Å²) in [6.07, 6.45) is 1.39. The maximum absolute atomic E-state index is 3.37. The van der Waals surface area contributed by atoms with Crippen LogP contribution < -0.4 is 5.32 Å². The lowest BCUT2D eigenvalue weighted by atomic mass is 9.87. The molecule has 0 spiro atoms. The number of hydrogen-bond acceptors (Lipinski definition) is 1. The average molecular weight is 187 g/mol. The van der Waals surface area contributed by atoms with Crippen LogP contribution in [-0.2, 0) is 5.41 Å². The van der Waals surface area contributed by atoms with Crippen LogP contribution in [0.25, 0.3) is 0 Å². The molecule has 1 aromatic rings. The van der Waals surface area contributed by atoms with E-state index in [2.05, 4.69) is 42.6 Å². The van der Waals surface area contributed by atoms with Gasteiger partial charge in [-0.1, -0.05) is 37.3 Å². The van der Waals surface area contributed by atoms with E-state index in [1.165, 1.54) is 25.1 Å². The molecule has 1 aromatic carbocycles. The maximum Gasteiger partial charge on any atom is -0.000527 e. The van der Waals surface area contributed by atoms with Crippen molar-refractivity contribution in [2.45, 2.75) is 18.8 Å². The van der Waals surface area contributed by atoms with Gasteiger partial charge >= 0.3 is 0 Å². The first-order chi connectivity index (χ1) is 6.81. The maximum atomic E-state index is 3.37. The zero-order chi connectivity index (χ0) is 9.60. The van der Waals surface area contributed by atoms with E-state index in [4.69, 9.17) is 0 Å². The van der Waals surface area contributed by atoms with Crippen molar-refractivity contribution in [2.75, 3.05) is 13.1 Å². The van der Waals surface area contributed by atoms with E-state index in [9.17, 15) is 0 Å². The monoisotopic (exact) mass is 187 g/mol. The van der Waals surface area contributed by atoms with E-state index in [0.29, 0.717) is 5.41 Å². The molecule has 14 heavy (non-hydrogen) atoms. The fourth-order valence-corrected chi connectivity index (χ4v) is 2.83. The molecule has 0 aromatic heterocycles. The highest BCUT2D eigenvalue weighted by Crippen LogP contribution is 2.58. The van der Waals surface area contributed by atoms with E-state index in [-0.39, 0.29) is 0 Å². The summed E-state index contributed by atoms with van der Waals surface area (Å²) >= 11 is 0. The first kappa shape index (κ1) is 8.49. The minimum atomic E-state index is 0.494. The van der Waals surface area contributed by atoms with Gasteiger partial charge in [0.25, 0.3) is 0 Å². The second-order valence-electron chi connectivity index (χ2n) is 5.01. The van der Waals surface area contributed by atoms with Crippen LogP contribution in [0, 0.1) is 11.8 Å². The van der Waals surface area contributed by atoms with Gasteiger partial charge in [0, 0.05) is 0 Å². The number of benzene rings is 1. The smallest absolute Gasteiger partial charge is 0.000527 e. The van der Waals surface area contributed by atoms with Gasteiger partial charge in [0.2, 0.25) is 0 Å². The normalized spacial score (nSPS) is 36.5. The van der Waals surface area contributed by atoms with Crippen molar-refractivity contribution in [2.24, 2.45) is 11.8 Å². The third-order valence-electron chi connectivity index (χ3n) is 4.12. The van der Waals surface area contributed by atoms with Gasteiger partial charge in [0.05, 0.1) is 0 Å². The van der Waals surface area contributed by atoms with Crippen molar-refractivity contribution in [3.63, 3.8) is 0 Å². The zero-order valence-electron chi connectivity index (χ0n) is 8.66. The van der Waals surface area contributed by atoms with Gasteiger partial charge in [0.1, 0.15) is 0 Å². The van der Waals surface area contributed by atoms with E-state index in [1.54, 1.807) is 0 Å². The lowest BCUT2D eigenvalue weighted by molar-refractivity contribution is 0.291. The van der Waals surface area contributed by atoms with Gasteiger partial charge in [-0.15, -0.1) is 0 Å². The summed E-state index contributed by atoms with van der Waals surface area (Å²) in [5.74, 6) is 1.88. The molecule has 1 heterocycles. The molecule has 1 aliphatic heterocycles. The Morgan fingerprint density at radius 3 is 2.50 bits per heavy atom. The first-order valence-corrected chi connectivity index (χ1v) is 5.57. The summed E-state index contributed by atoms with van der Waals surface area (Å²) in [6, 6.07) is 11.0. The molecular weight excluding hydrogens is 170 g/mol. The second-order valence-corrected chi connectivity index (χ2v) is 5.01. The summed E-state index contributed by atoms with van der Waals surface area (Å²) in [4.78, 5) is 0. The minimum absolute atomic E-state index is 0.494. The Labute approximate surface area is 85.5 Å². The molecule has 1 aliphatic carbocycles. The molecule has 1 heteroatoms. The van der Waals surface area contributed by atoms with Crippen LogP contribution >= 0.6 is 0 Å². The van der Waals surface area contributed by atoms with Crippen molar-refractivity contribution in [3.8, 4) is 0 Å². The van der Waals surface area contributed by atoms with Gasteiger partial charge in [-0.25, -0.2) is 0 Å². The largest absolute Gasteiger partial charge is 0.316 e. The number of rotatable bonds is 2. The Hall–Kier alpha value is -0.820. The molecule has 2 aliphatic rings. The summed E-state index contributed by atoms with van der Waals surface area (Å²) < 4.78 is 0. The zero-order valence-corrected chi connectivity index (χ0v) is 8.66. The molecule has 2 fully saturated rings. The number of hydrogen-bond donors (Lipinski definition) is 1. The average Bonchev–Trinajstić information content (AvgIpc) is 2.78. The molecule has 1 saturated carbocycles. The van der Waals surface area contributed by atoms with Gasteiger partial charge in [-0.2, -0.15) is 0 Å². The molecule has 3 rings (SSSR count). The fraction of sp³-hybridized carbons (Fsp3) is 0.538. The Bertz CT molecular complexity index is 328. The molecule has 1 N–H and O–H groups in total. The minimum Gasteiger partial charge on any atom is -0.316 e. The molecule has 74 valence electrons. The molecule has 1 saturated heterocycles. The summed E-state index contributed by atoms with van der Waals surface area (Å²) in [6.45, 7) is 4.91. The lowest BCUT2D eigenvalue weighted by Gasteiger charge is -2.29. The van der Waals surface area contributed by atoms with E-state index >= 15 is 0 Å². The van der Waals surface area contributed by atoms with Crippen LogP contribution in [0.2, 0.25) is 0 Å². The summed E-state index contributed by atoms with van der Waals surface area (Å²) in [5.41, 5.74) is 2.03. The van der Waals surface area contributed by atoms with E-state index in [1.807, 2.05) is 0 Å². The molecule has 0 amide bonds. The van der Waals surface area contributed by atoms with Crippen LogP contribution in [0.1, 0.15) is 18.9 Å². The highest BCUT2D eigenvalue weighted by molar-refractivity contribution is 5.33. The van der Waals surface area contributed by atoms with Gasteiger partial charge in [-0.3, -0.25) is 0 Å². The van der Waals surface area contributed by atoms with E-state index in [0.717, 1.165) is 11.8 Å². The first-order valence-electron chi connectivity index (χ1n) is 5.57. The lowest BCUT2D eigenvalue weighted by Crippen LogP contribution is -2.44. The Balaban J connectivity index is 1.80. The molecular formula is C13H17N. The molecule has 0 bridgehead atoms. The van der Waals surface area contributed by atoms with Crippen LogP contribution in [0.4, 0.5) is 0 Å². The quantitative estimate of drug-likeness (QED) is 0.748. The SMILES string of the molecule is CC1(c2ccccc2)CC1C1CNC1. The highest BCUT2D eigenvalue weighted by Gasteiger charge is 2.55. The topological polar surface area (TPSA) is 12.0 Å². The molecule has 2 unspecified atom stereocenters. The predicted molar refractivity (Wildman–Crippen MR) is 58.3 cm³/mol. The van der Waals surface area contributed by atoms with Gasteiger partial charge < -0.3 is 5.32 Å². The summed E-state index contributed by atoms with van der Waals surface area (Å²) in [5, 5.41) is 3.37.